The Morgan fingerprint density at radius 1 is 0.971 bits per heavy atom. The van der Waals surface area contributed by atoms with Crippen molar-refractivity contribution in [2.24, 2.45) is 35.5 Å². The molecule has 0 spiro atoms. The van der Waals surface area contributed by atoms with E-state index in [9.17, 15) is 19.2 Å². The molecule has 2 aromatic carbocycles. The topological polar surface area (TPSA) is 84.0 Å². The first-order valence-electron chi connectivity index (χ1n) is 11.7. The SMILES string of the molecule is COc1cccc(C(=O)CN(C(=O)c2ccc(Cl)cc2)N2C(=O)[C@@H]3[C@H]4C=C[C@@H]([C@@H]5C[C@H]45)[C@@H]3C2=O)c1. The molecule has 5 aliphatic rings. The highest BCUT2D eigenvalue weighted by Crippen LogP contribution is 2.65. The highest BCUT2D eigenvalue weighted by Gasteiger charge is 2.68. The summed E-state index contributed by atoms with van der Waals surface area (Å²) in [7, 11) is 1.50. The minimum atomic E-state index is -0.608. The van der Waals surface area contributed by atoms with Gasteiger partial charge in [-0.2, -0.15) is 5.01 Å². The summed E-state index contributed by atoms with van der Waals surface area (Å²) in [5.41, 5.74) is 0.546. The normalized spacial score (nSPS) is 29.6. The number of imide groups is 1. The van der Waals surface area contributed by atoms with Gasteiger partial charge in [0.2, 0.25) is 0 Å². The van der Waals surface area contributed by atoms with Crippen molar-refractivity contribution in [2.75, 3.05) is 13.7 Å². The molecule has 3 amide bonds. The maximum Gasteiger partial charge on any atom is 0.273 e. The van der Waals surface area contributed by atoms with Crippen molar-refractivity contribution >= 4 is 35.1 Å². The van der Waals surface area contributed by atoms with Gasteiger partial charge in [-0.15, -0.1) is 0 Å². The number of carbonyl (C=O) groups is 4. The Hall–Kier alpha value is -3.45. The Bertz CT molecular complexity index is 1250. The summed E-state index contributed by atoms with van der Waals surface area (Å²) >= 11 is 5.99. The van der Waals surface area contributed by atoms with Gasteiger partial charge in [0.1, 0.15) is 12.3 Å². The number of hydrazine groups is 1. The van der Waals surface area contributed by atoms with E-state index in [0.717, 1.165) is 16.4 Å². The van der Waals surface area contributed by atoms with E-state index in [0.29, 0.717) is 28.2 Å². The molecule has 7 rings (SSSR count). The number of ketones is 1. The van der Waals surface area contributed by atoms with Gasteiger partial charge in [0.05, 0.1) is 18.9 Å². The molecule has 35 heavy (non-hydrogen) atoms. The van der Waals surface area contributed by atoms with Gasteiger partial charge >= 0.3 is 0 Å². The zero-order chi connectivity index (χ0) is 24.4. The molecule has 0 unspecified atom stereocenters. The van der Waals surface area contributed by atoms with Gasteiger partial charge < -0.3 is 4.74 Å². The lowest BCUT2D eigenvalue weighted by Gasteiger charge is -2.37. The number of hydrogen-bond donors (Lipinski definition) is 0. The average molecular weight is 491 g/mol. The maximum atomic E-state index is 13.7. The fourth-order valence-corrected chi connectivity index (χ4v) is 6.30. The van der Waals surface area contributed by atoms with Crippen LogP contribution in [0.1, 0.15) is 27.1 Å². The number of nitrogens with zero attached hydrogens (tertiary/aromatic N) is 2. The molecule has 0 N–H and O–H groups in total. The highest BCUT2D eigenvalue weighted by atomic mass is 35.5. The van der Waals surface area contributed by atoms with E-state index in [1.54, 1.807) is 36.4 Å². The molecule has 1 heterocycles. The van der Waals surface area contributed by atoms with E-state index in [-0.39, 0.29) is 17.4 Å². The van der Waals surface area contributed by atoms with Gasteiger partial charge in [-0.05, 0) is 66.5 Å². The molecular formula is C27H23ClN2O5. The van der Waals surface area contributed by atoms with Gasteiger partial charge in [-0.3, -0.25) is 19.2 Å². The smallest absolute Gasteiger partial charge is 0.273 e. The van der Waals surface area contributed by atoms with Crippen molar-refractivity contribution < 1.29 is 23.9 Å². The van der Waals surface area contributed by atoms with Crippen LogP contribution in [-0.2, 0) is 9.59 Å². The second-order valence-electron chi connectivity index (χ2n) is 9.67. The van der Waals surface area contributed by atoms with Gasteiger partial charge in [0, 0.05) is 16.1 Å². The maximum absolute atomic E-state index is 13.7. The van der Waals surface area contributed by atoms with Crippen LogP contribution in [0.4, 0.5) is 0 Å². The number of Topliss-reactive ketones (excluding diaryl/α,β-unsaturated/α-hetero) is 1. The van der Waals surface area contributed by atoms with Crippen LogP contribution in [0.5, 0.6) is 5.75 Å². The van der Waals surface area contributed by atoms with Gasteiger partial charge in [0.25, 0.3) is 17.7 Å². The fourth-order valence-electron chi connectivity index (χ4n) is 6.18. The van der Waals surface area contributed by atoms with E-state index >= 15 is 0 Å². The lowest BCUT2D eigenvalue weighted by atomic mass is 9.63. The quantitative estimate of drug-likeness (QED) is 0.350. The minimum Gasteiger partial charge on any atom is -0.497 e. The summed E-state index contributed by atoms with van der Waals surface area (Å²) in [6, 6.07) is 12.7. The second-order valence-corrected chi connectivity index (χ2v) is 10.1. The Morgan fingerprint density at radius 3 is 2.20 bits per heavy atom. The minimum absolute atomic E-state index is 0.0121. The number of benzene rings is 2. The summed E-state index contributed by atoms with van der Waals surface area (Å²) in [4.78, 5) is 54.2. The van der Waals surface area contributed by atoms with Crippen LogP contribution in [0, 0.1) is 35.5 Å². The molecular weight excluding hydrogens is 468 g/mol. The van der Waals surface area contributed by atoms with Crippen LogP contribution in [0.25, 0.3) is 0 Å². The van der Waals surface area contributed by atoms with Crippen LogP contribution in [0.2, 0.25) is 5.02 Å². The number of ether oxygens (including phenoxy) is 1. The largest absolute Gasteiger partial charge is 0.497 e. The number of halogens is 1. The predicted octanol–water partition coefficient (Wildman–Crippen LogP) is 3.64. The number of hydrogen-bond acceptors (Lipinski definition) is 5. The van der Waals surface area contributed by atoms with Crippen LogP contribution < -0.4 is 4.74 Å². The van der Waals surface area contributed by atoms with Crippen LogP contribution in [0.3, 0.4) is 0 Å². The standard InChI is InChI=1S/C27H23ClN2O5/c1-35-17-4-2-3-15(11-17)22(31)13-29(25(32)14-5-7-16(28)8-6-14)30-26(33)23-18-9-10-19(21-12-20(18)21)24(23)27(30)34/h2-11,18-21,23-24H,12-13H2,1H3/t18-,19-,20-,21+,23-,24+/m0/s1. The monoisotopic (exact) mass is 490 g/mol. The molecule has 7 nitrogen and oxygen atoms in total. The molecule has 2 saturated carbocycles. The summed E-state index contributed by atoms with van der Waals surface area (Å²) in [6.07, 6.45) is 5.18. The Morgan fingerprint density at radius 2 is 1.60 bits per heavy atom. The number of rotatable bonds is 6. The van der Waals surface area contributed by atoms with Crippen molar-refractivity contribution in [3.8, 4) is 5.75 Å². The first-order chi connectivity index (χ1) is 16.9. The zero-order valence-corrected chi connectivity index (χ0v) is 19.7. The number of carbonyl (C=O) groups excluding carboxylic acids is 4. The molecule has 2 bridgehead atoms. The van der Waals surface area contributed by atoms with Crippen molar-refractivity contribution in [1.29, 1.82) is 0 Å². The first-order valence-corrected chi connectivity index (χ1v) is 12.1. The van der Waals surface area contributed by atoms with E-state index in [2.05, 4.69) is 12.2 Å². The van der Waals surface area contributed by atoms with Crippen LogP contribution in [-0.4, -0.2) is 47.2 Å². The summed E-state index contributed by atoms with van der Waals surface area (Å²) in [5.74, 6) is -1.39. The molecule has 2 aromatic rings. The lowest BCUT2D eigenvalue weighted by Crippen LogP contribution is -2.52. The third-order valence-corrected chi connectivity index (χ3v) is 8.14. The van der Waals surface area contributed by atoms with Gasteiger partial charge in [-0.25, -0.2) is 5.01 Å². The number of allylic oxidation sites excluding steroid dienone is 2. The Labute approximate surface area is 207 Å². The molecule has 1 aliphatic heterocycles. The molecule has 178 valence electrons. The van der Waals surface area contributed by atoms with E-state index in [1.165, 1.54) is 19.2 Å². The second kappa shape index (κ2) is 8.05. The Balaban J connectivity index is 1.36. The zero-order valence-electron chi connectivity index (χ0n) is 19.0. The van der Waals surface area contributed by atoms with Gasteiger partial charge in [0.15, 0.2) is 5.78 Å². The van der Waals surface area contributed by atoms with Crippen molar-refractivity contribution in [2.45, 2.75) is 6.42 Å². The molecule has 3 fully saturated rings. The van der Waals surface area contributed by atoms with E-state index in [1.807, 2.05) is 0 Å². The third-order valence-electron chi connectivity index (χ3n) is 7.89. The van der Waals surface area contributed by atoms with Crippen LogP contribution >= 0.6 is 11.6 Å². The lowest BCUT2D eigenvalue weighted by molar-refractivity contribution is -0.154. The molecule has 1 saturated heterocycles. The van der Waals surface area contributed by atoms with Crippen molar-refractivity contribution in [3.05, 3.63) is 76.8 Å². The van der Waals surface area contributed by atoms with Crippen molar-refractivity contribution in [1.82, 2.24) is 10.0 Å². The third kappa shape index (κ3) is 3.40. The summed E-state index contributed by atoms with van der Waals surface area (Å²) in [6.45, 7) is -0.457. The molecule has 4 aliphatic carbocycles. The fraction of sp³-hybridized carbons (Fsp3) is 0.333. The van der Waals surface area contributed by atoms with Crippen molar-refractivity contribution in [3.63, 3.8) is 0 Å². The summed E-state index contributed by atoms with van der Waals surface area (Å²) < 4.78 is 5.21. The van der Waals surface area contributed by atoms with Crippen LogP contribution in [0.15, 0.2) is 60.7 Å². The number of methoxy groups -OCH3 is 1. The predicted molar refractivity (Wildman–Crippen MR) is 126 cm³/mol. The first kappa shape index (κ1) is 22.0. The molecule has 0 aromatic heterocycles. The number of amides is 3. The van der Waals surface area contributed by atoms with E-state index < -0.39 is 41.9 Å². The average Bonchev–Trinajstić information content (AvgIpc) is 3.66. The summed E-state index contributed by atoms with van der Waals surface area (Å²) in [5, 5.41) is 2.41. The molecule has 0 radical (unpaired) electrons. The Kier molecular flexibility index (Phi) is 5.07. The van der Waals surface area contributed by atoms with E-state index in [4.69, 9.17) is 16.3 Å². The highest BCUT2D eigenvalue weighted by molar-refractivity contribution is 6.30. The molecule has 8 heteroatoms. The van der Waals surface area contributed by atoms with Gasteiger partial charge in [-0.1, -0.05) is 35.9 Å². The molecule has 6 atom stereocenters.